The number of esters is 1. The van der Waals surface area contributed by atoms with E-state index in [0.29, 0.717) is 13.0 Å². The summed E-state index contributed by atoms with van der Waals surface area (Å²) in [6.45, 7) is 2.32. The molecule has 1 heterocycles. The van der Waals surface area contributed by atoms with Crippen LogP contribution in [0, 0.1) is 12.8 Å². The third-order valence-corrected chi connectivity index (χ3v) is 5.04. The first-order valence-corrected chi connectivity index (χ1v) is 9.89. The van der Waals surface area contributed by atoms with Crippen LogP contribution in [0.3, 0.4) is 0 Å². The van der Waals surface area contributed by atoms with Crippen molar-refractivity contribution in [2.45, 2.75) is 19.8 Å². The van der Waals surface area contributed by atoms with Crippen molar-refractivity contribution in [3.8, 4) is 5.75 Å². The molecule has 3 rings (SSSR count). The summed E-state index contributed by atoms with van der Waals surface area (Å²) in [5.41, 5.74) is 2.92. The Kier molecular flexibility index (Phi) is 7.06. The van der Waals surface area contributed by atoms with Crippen LogP contribution in [0.5, 0.6) is 5.75 Å². The summed E-state index contributed by atoms with van der Waals surface area (Å²) in [6, 6.07) is 15.1. The Hall–Kier alpha value is -3.35. The molecular weight excluding hydrogens is 384 g/mol. The number of aryl methyl sites for hydroxylation is 1. The molecule has 1 N–H and O–H groups in total. The Morgan fingerprint density at radius 2 is 1.80 bits per heavy atom. The average Bonchev–Trinajstić information content (AvgIpc) is 3.15. The Bertz CT molecular complexity index is 893. The number of hydrogen-bond acceptors (Lipinski definition) is 5. The molecule has 1 atom stereocenters. The first-order chi connectivity index (χ1) is 14.5. The van der Waals surface area contributed by atoms with Gasteiger partial charge in [0.2, 0.25) is 5.91 Å². The Morgan fingerprint density at radius 3 is 2.47 bits per heavy atom. The number of anilines is 1. The van der Waals surface area contributed by atoms with Crippen molar-refractivity contribution in [1.29, 1.82) is 0 Å². The zero-order valence-corrected chi connectivity index (χ0v) is 17.2. The zero-order chi connectivity index (χ0) is 21.5. The van der Waals surface area contributed by atoms with Crippen LogP contribution in [0.25, 0.3) is 0 Å². The third kappa shape index (κ3) is 5.59. The molecule has 1 unspecified atom stereocenters. The number of carbonyl (C=O) groups excluding carboxylic acids is 3. The van der Waals surface area contributed by atoms with Crippen LogP contribution in [0.15, 0.2) is 48.5 Å². The normalized spacial score (nSPS) is 15.7. The topological polar surface area (TPSA) is 84.9 Å². The summed E-state index contributed by atoms with van der Waals surface area (Å²) in [7, 11) is 1.61. The molecule has 7 heteroatoms. The molecule has 0 radical (unpaired) electrons. The molecule has 2 amide bonds. The summed E-state index contributed by atoms with van der Waals surface area (Å²) in [5, 5.41) is 2.73. The van der Waals surface area contributed by atoms with Crippen LogP contribution in [0.4, 0.5) is 5.69 Å². The smallest absolute Gasteiger partial charge is 0.311 e. The van der Waals surface area contributed by atoms with E-state index < -0.39 is 11.9 Å². The van der Waals surface area contributed by atoms with Crippen LogP contribution in [0.1, 0.15) is 17.5 Å². The fourth-order valence-electron chi connectivity index (χ4n) is 3.28. The van der Waals surface area contributed by atoms with E-state index in [9.17, 15) is 14.4 Å². The van der Waals surface area contributed by atoms with E-state index in [0.717, 1.165) is 22.6 Å². The Labute approximate surface area is 176 Å². The molecule has 0 spiro atoms. The van der Waals surface area contributed by atoms with Gasteiger partial charge < -0.3 is 19.7 Å². The molecule has 1 saturated heterocycles. The maximum Gasteiger partial charge on any atom is 0.311 e. The number of hydrogen-bond donors (Lipinski definition) is 1. The molecule has 0 aliphatic carbocycles. The van der Waals surface area contributed by atoms with Crippen LogP contribution in [-0.4, -0.2) is 44.6 Å². The van der Waals surface area contributed by atoms with Crippen LogP contribution < -0.4 is 15.0 Å². The number of ether oxygens (including phenoxy) is 2. The van der Waals surface area contributed by atoms with Gasteiger partial charge in [-0.05, 0) is 43.2 Å². The first kappa shape index (κ1) is 21.4. The second-order valence-electron chi connectivity index (χ2n) is 7.30. The van der Waals surface area contributed by atoms with Gasteiger partial charge in [-0.15, -0.1) is 0 Å². The minimum atomic E-state index is -0.564. The van der Waals surface area contributed by atoms with Crippen molar-refractivity contribution in [1.82, 2.24) is 5.32 Å². The lowest BCUT2D eigenvalue weighted by atomic mass is 10.1. The zero-order valence-electron chi connectivity index (χ0n) is 17.2. The highest BCUT2D eigenvalue weighted by Gasteiger charge is 2.36. The fraction of sp³-hybridized carbons (Fsp3) is 0.348. The molecule has 30 heavy (non-hydrogen) atoms. The first-order valence-electron chi connectivity index (χ1n) is 9.89. The highest BCUT2D eigenvalue weighted by molar-refractivity contribution is 5.99. The maximum atomic E-state index is 12.3. The number of rotatable bonds is 8. The van der Waals surface area contributed by atoms with Gasteiger partial charge in [0.05, 0.1) is 13.0 Å². The van der Waals surface area contributed by atoms with Gasteiger partial charge in [-0.25, -0.2) is 0 Å². The van der Waals surface area contributed by atoms with Crippen molar-refractivity contribution < 1.29 is 23.9 Å². The number of carbonyl (C=O) groups is 3. The Balaban J connectivity index is 1.39. The van der Waals surface area contributed by atoms with E-state index in [2.05, 4.69) is 5.32 Å². The van der Waals surface area contributed by atoms with Gasteiger partial charge in [-0.2, -0.15) is 0 Å². The highest BCUT2D eigenvalue weighted by Crippen LogP contribution is 2.26. The SMILES string of the molecule is COc1ccc(CCNC(=O)COC(=O)C2CC(=O)N(c3ccc(C)cc3)C2)cc1. The molecule has 2 aromatic carbocycles. The van der Waals surface area contributed by atoms with Crippen molar-refractivity contribution in [2.24, 2.45) is 5.92 Å². The molecule has 158 valence electrons. The van der Waals surface area contributed by atoms with Crippen LogP contribution >= 0.6 is 0 Å². The monoisotopic (exact) mass is 410 g/mol. The quantitative estimate of drug-likeness (QED) is 0.675. The van der Waals surface area contributed by atoms with E-state index in [1.54, 1.807) is 12.0 Å². The largest absolute Gasteiger partial charge is 0.497 e. The summed E-state index contributed by atoms with van der Waals surface area (Å²) >= 11 is 0. The summed E-state index contributed by atoms with van der Waals surface area (Å²) < 4.78 is 10.2. The van der Waals surface area contributed by atoms with E-state index in [1.165, 1.54) is 0 Å². The number of nitrogens with zero attached hydrogens (tertiary/aromatic N) is 1. The van der Waals surface area contributed by atoms with Crippen LogP contribution in [-0.2, 0) is 25.5 Å². The molecule has 1 aliphatic rings. The summed E-state index contributed by atoms with van der Waals surface area (Å²) in [4.78, 5) is 38.1. The maximum absolute atomic E-state index is 12.3. The minimum Gasteiger partial charge on any atom is -0.497 e. The van der Waals surface area contributed by atoms with Gasteiger partial charge in [0.1, 0.15) is 5.75 Å². The molecular formula is C23H26N2O5. The molecule has 7 nitrogen and oxygen atoms in total. The third-order valence-electron chi connectivity index (χ3n) is 5.04. The van der Waals surface area contributed by atoms with Crippen molar-refractivity contribution in [3.05, 3.63) is 59.7 Å². The number of amides is 2. The minimum absolute atomic E-state index is 0.0891. The van der Waals surface area contributed by atoms with Gasteiger partial charge in [-0.3, -0.25) is 14.4 Å². The van der Waals surface area contributed by atoms with E-state index >= 15 is 0 Å². The number of benzene rings is 2. The fourth-order valence-corrected chi connectivity index (χ4v) is 3.28. The lowest BCUT2D eigenvalue weighted by Crippen LogP contribution is -2.32. The van der Waals surface area contributed by atoms with Gasteiger partial charge in [0.15, 0.2) is 6.61 Å². The molecule has 1 aliphatic heterocycles. The molecule has 0 bridgehead atoms. The highest BCUT2D eigenvalue weighted by atomic mass is 16.5. The lowest BCUT2D eigenvalue weighted by Gasteiger charge is -2.16. The predicted octanol–water partition coefficient (Wildman–Crippen LogP) is 2.26. The second kappa shape index (κ2) is 9.91. The summed E-state index contributed by atoms with van der Waals surface area (Å²) in [5.74, 6) is -0.795. The molecule has 1 fully saturated rings. The lowest BCUT2D eigenvalue weighted by molar-refractivity contribution is -0.152. The number of nitrogens with one attached hydrogen (secondary N) is 1. The van der Waals surface area contributed by atoms with Crippen LogP contribution in [0.2, 0.25) is 0 Å². The van der Waals surface area contributed by atoms with Crippen molar-refractivity contribution >= 4 is 23.5 Å². The van der Waals surface area contributed by atoms with E-state index in [4.69, 9.17) is 9.47 Å². The van der Waals surface area contributed by atoms with Gasteiger partial charge in [-0.1, -0.05) is 29.8 Å². The summed E-state index contributed by atoms with van der Waals surface area (Å²) in [6.07, 6.45) is 0.748. The van der Waals surface area contributed by atoms with Crippen molar-refractivity contribution in [3.63, 3.8) is 0 Å². The predicted molar refractivity (Wildman–Crippen MR) is 112 cm³/mol. The Morgan fingerprint density at radius 1 is 1.10 bits per heavy atom. The molecule has 0 saturated carbocycles. The second-order valence-corrected chi connectivity index (χ2v) is 7.30. The molecule has 0 aromatic heterocycles. The van der Waals surface area contributed by atoms with Crippen molar-refractivity contribution in [2.75, 3.05) is 31.7 Å². The standard InChI is InChI=1S/C23H26N2O5/c1-16-3-7-19(8-4-16)25-14-18(13-22(25)27)23(28)30-15-21(26)24-12-11-17-5-9-20(29-2)10-6-17/h3-10,18H,11-15H2,1-2H3,(H,24,26). The molecule has 2 aromatic rings. The average molecular weight is 410 g/mol. The number of methoxy groups -OCH3 is 1. The van der Waals surface area contributed by atoms with Gasteiger partial charge in [0.25, 0.3) is 5.91 Å². The van der Waals surface area contributed by atoms with E-state index in [1.807, 2.05) is 55.5 Å². The van der Waals surface area contributed by atoms with E-state index in [-0.39, 0.29) is 31.4 Å². The van der Waals surface area contributed by atoms with Gasteiger partial charge in [0, 0.05) is 25.2 Å². The van der Waals surface area contributed by atoms with Gasteiger partial charge >= 0.3 is 5.97 Å².